The van der Waals surface area contributed by atoms with E-state index >= 15 is 0 Å². The van der Waals surface area contributed by atoms with E-state index in [0.717, 1.165) is 17.7 Å². The van der Waals surface area contributed by atoms with E-state index in [9.17, 15) is 4.79 Å². The van der Waals surface area contributed by atoms with Gasteiger partial charge in [-0.05, 0) is 42.3 Å². The lowest BCUT2D eigenvalue weighted by atomic mass is 10.2. The smallest absolute Gasteiger partial charge is 0.224 e. The summed E-state index contributed by atoms with van der Waals surface area (Å²) in [7, 11) is 0. The molecule has 0 saturated heterocycles. The minimum atomic E-state index is -0.0314. The van der Waals surface area contributed by atoms with E-state index in [1.165, 1.54) is 0 Å². The highest BCUT2D eigenvalue weighted by molar-refractivity contribution is 6.42. The summed E-state index contributed by atoms with van der Waals surface area (Å²) in [5.74, 6) is -0.0314. The Bertz CT molecular complexity index is 704. The number of hydrogen-bond acceptors (Lipinski definition) is 2. The Kier molecular flexibility index (Phi) is 6.58. The van der Waals surface area contributed by atoms with Gasteiger partial charge in [-0.25, -0.2) is 0 Å². The van der Waals surface area contributed by atoms with Crippen molar-refractivity contribution >= 4 is 52.1 Å². The predicted octanol–water partition coefficient (Wildman–Crippen LogP) is 6.00. The molecule has 2 N–H and O–H groups in total. The molecule has 0 atom stereocenters. The van der Waals surface area contributed by atoms with Crippen molar-refractivity contribution in [3.8, 4) is 0 Å². The number of amides is 1. The van der Waals surface area contributed by atoms with Crippen LogP contribution in [-0.4, -0.2) is 5.91 Å². The fraction of sp³-hybridized carbons (Fsp3) is 0.235. The van der Waals surface area contributed by atoms with Crippen LogP contribution >= 0.6 is 34.8 Å². The average Bonchev–Trinajstić information content (AvgIpc) is 2.51. The Balaban J connectivity index is 1.99. The van der Waals surface area contributed by atoms with E-state index in [2.05, 4.69) is 10.6 Å². The topological polar surface area (TPSA) is 41.1 Å². The Labute approximate surface area is 150 Å². The summed E-state index contributed by atoms with van der Waals surface area (Å²) in [5, 5.41) is 7.59. The van der Waals surface area contributed by atoms with Crippen molar-refractivity contribution in [2.75, 3.05) is 10.6 Å². The number of hydrogen-bond donors (Lipinski definition) is 2. The van der Waals surface area contributed by atoms with Crippen molar-refractivity contribution in [1.29, 1.82) is 0 Å². The van der Waals surface area contributed by atoms with E-state index in [1.54, 1.807) is 12.1 Å². The van der Waals surface area contributed by atoms with Crippen LogP contribution in [0.15, 0.2) is 36.4 Å². The molecule has 0 heterocycles. The first-order chi connectivity index (χ1) is 11.0. The summed E-state index contributed by atoms with van der Waals surface area (Å²) in [6.07, 6.45) is 1.28. The quantitative estimate of drug-likeness (QED) is 0.654. The van der Waals surface area contributed by atoms with Crippen molar-refractivity contribution < 1.29 is 4.79 Å². The van der Waals surface area contributed by atoms with Crippen LogP contribution in [0.1, 0.15) is 25.3 Å². The summed E-state index contributed by atoms with van der Waals surface area (Å²) < 4.78 is 0. The highest BCUT2D eigenvalue weighted by Gasteiger charge is 2.06. The molecule has 0 unspecified atom stereocenters. The number of carbonyl (C=O) groups excluding carboxylic acids is 1. The molecule has 0 radical (unpaired) electrons. The van der Waals surface area contributed by atoms with Gasteiger partial charge in [0.25, 0.3) is 0 Å². The summed E-state index contributed by atoms with van der Waals surface area (Å²) in [5.41, 5.74) is 2.49. The standard InChI is InChI=1S/C17H17Cl3N2O/c1-2-3-17(23)22-16-7-4-11(8-15(16)20)10-21-12-5-6-13(18)14(19)9-12/h4-9,21H,2-3,10H2,1H3,(H,22,23). The molecule has 3 nitrogen and oxygen atoms in total. The zero-order valence-corrected chi connectivity index (χ0v) is 14.9. The Morgan fingerprint density at radius 1 is 1.00 bits per heavy atom. The number of benzene rings is 2. The van der Waals surface area contributed by atoms with E-state index in [0.29, 0.717) is 33.7 Å². The maximum absolute atomic E-state index is 11.6. The molecule has 1 amide bonds. The fourth-order valence-electron chi connectivity index (χ4n) is 2.02. The maximum Gasteiger partial charge on any atom is 0.224 e. The minimum absolute atomic E-state index is 0.0314. The molecule has 6 heteroatoms. The molecule has 0 aliphatic rings. The molecular weight excluding hydrogens is 355 g/mol. The molecule has 23 heavy (non-hydrogen) atoms. The van der Waals surface area contributed by atoms with Crippen molar-refractivity contribution in [2.24, 2.45) is 0 Å². The molecule has 122 valence electrons. The molecule has 0 bridgehead atoms. The summed E-state index contributed by atoms with van der Waals surface area (Å²) in [6.45, 7) is 2.54. The third kappa shape index (κ3) is 5.31. The molecular formula is C17H17Cl3N2O. The van der Waals surface area contributed by atoms with Gasteiger partial charge in [-0.1, -0.05) is 47.8 Å². The lowest BCUT2D eigenvalue weighted by molar-refractivity contribution is -0.116. The van der Waals surface area contributed by atoms with Crippen LogP contribution in [0.5, 0.6) is 0 Å². The number of rotatable bonds is 6. The van der Waals surface area contributed by atoms with Crippen LogP contribution < -0.4 is 10.6 Å². The van der Waals surface area contributed by atoms with Crippen LogP contribution in [0.4, 0.5) is 11.4 Å². The van der Waals surface area contributed by atoms with Crippen LogP contribution in [0.25, 0.3) is 0 Å². The molecule has 0 spiro atoms. The van der Waals surface area contributed by atoms with E-state index < -0.39 is 0 Å². The molecule has 0 aliphatic carbocycles. The Hall–Kier alpha value is -1.42. The fourth-order valence-corrected chi connectivity index (χ4v) is 2.57. The SMILES string of the molecule is CCCC(=O)Nc1ccc(CNc2ccc(Cl)c(Cl)c2)cc1Cl. The molecule has 0 aromatic heterocycles. The van der Waals surface area contributed by atoms with Crippen LogP contribution in [-0.2, 0) is 11.3 Å². The van der Waals surface area contributed by atoms with Crippen molar-refractivity contribution in [1.82, 2.24) is 0 Å². The van der Waals surface area contributed by atoms with Crippen LogP contribution in [0, 0.1) is 0 Å². The summed E-state index contributed by atoms with van der Waals surface area (Å²) >= 11 is 18.1. The van der Waals surface area contributed by atoms with Gasteiger partial charge in [0.1, 0.15) is 0 Å². The van der Waals surface area contributed by atoms with Gasteiger partial charge >= 0.3 is 0 Å². The van der Waals surface area contributed by atoms with Gasteiger partial charge in [-0.15, -0.1) is 0 Å². The second-order valence-electron chi connectivity index (χ2n) is 5.09. The van der Waals surface area contributed by atoms with E-state index in [4.69, 9.17) is 34.8 Å². The van der Waals surface area contributed by atoms with Crippen molar-refractivity contribution in [3.05, 3.63) is 57.0 Å². The molecule has 0 aliphatic heterocycles. The van der Waals surface area contributed by atoms with Crippen molar-refractivity contribution in [2.45, 2.75) is 26.3 Å². The monoisotopic (exact) mass is 370 g/mol. The number of carbonyl (C=O) groups is 1. The Morgan fingerprint density at radius 3 is 2.43 bits per heavy atom. The second kappa shape index (κ2) is 8.44. The summed E-state index contributed by atoms with van der Waals surface area (Å²) in [6, 6.07) is 10.9. The largest absolute Gasteiger partial charge is 0.381 e. The normalized spacial score (nSPS) is 10.4. The lowest BCUT2D eigenvalue weighted by Gasteiger charge is -2.11. The van der Waals surface area contributed by atoms with Gasteiger partial charge in [-0.2, -0.15) is 0 Å². The summed E-state index contributed by atoms with van der Waals surface area (Å²) in [4.78, 5) is 11.6. The lowest BCUT2D eigenvalue weighted by Crippen LogP contribution is -2.11. The van der Waals surface area contributed by atoms with Gasteiger partial charge in [-0.3, -0.25) is 4.79 Å². The van der Waals surface area contributed by atoms with Gasteiger partial charge < -0.3 is 10.6 Å². The number of nitrogens with one attached hydrogen (secondary N) is 2. The second-order valence-corrected chi connectivity index (χ2v) is 6.32. The van der Waals surface area contributed by atoms with E-state index in [1.807, 2.05) is 31.2 Å². The zero-order chi connectivity index (χ0) is 16.8. The predicted molar refractivity (Wildman–Crippen MR) is 98.8 cm³/mol. The maximum atomic E-state index is 11.6. The molecule has 2 rings (SSSR count). The first kappa shape index (κ1) is 17.9. The molecule has 2 aromatic carbocycles. The van der Waals surface area contributed by atoms with Crippen LogP contribution in [0.2, 0.25) is 15.1 Å². The van der Waals surface area contributed by atoms with Gasteiger partial charge in [0.15, 0.2) is 0 Å². The van der Waals surface area contributed by atoms with E-state index in [-0.39, 0.29) is 5.91 Å². The molecule has 2 aromatic rings. The molecule has 0 saturated carbocycles. The highest BCUT2D eigenvalue weighted by atomic mass is 35.5. The highest BCUT2D eigenvalue weighted by Crippen LogP contribution is 2.26. The third-order valence-corrected chi connectivity index (χ3v) is 4.25. The number of anilines is 2. The number of halogens is 3. The average molecular weight is 372 g/mol. The van der Waals surface area contributed by atoms with Gasteiger partial charge in [0.05, 0.1) is 20.8 Å². The first-order valence-corrected chi connectivity index (χ1v) is 8.40. The first-order valence-electron chi connectivity index (χ1n) is 7.26. The van der Waals surface area contributed by atoms with Gasteiger partial charge in [0, 0.05) is 18.7 Å². The van der Waals surface area contributed by atoms with Crippen molar-refractivity contribution in [3.63, 3.8) is 0 Å². The molecule has 0 fully saturated rings. The van der Waals surface area contributed by atoms with Crippen LogP contribution in [0.3, 0.4) is 0 Å². The zero-order valence-electron chi connectivity index (χ0n) is 12.6. The third-order valence-electron chi connectivity index (χ3n) is 3.20. The van der Waals surface area contributed by atoms with Gasteiger partial charge in [0.2, 0.25) is 5.91 Å². The minimum Gasteiger partial charge on any atom is -0.381 e. The Morgan fingerprint density at radius 2 is 1.78 bits per heavy atom.